The van der Waals surface area contributed by atoms with E-state index in [0.29, 0.717) is 47.7 Å². The molecule has 0 saturated carbocycles. The summed E-state index contributed by atoms with van der Waals surface area (Å²) in [4.78, 5) is 21.3. The summed E-state index contributed by atoms with van der Waals surface area (Å²) in [6.45, 7) is 5.69. The van der Waals surface area contributed by atoms with Gasteiger partial charge in [-0.05, 0) is 42.3 Å². The number of nitrogens with zero attached hydrogens (tertiary/aromatic N) is 4. The van der Waals surface area contributed by atoms with Crippen LogP contribution in [0.25, 0.3) is 0 Å². The zero-order chi connectivity index (χ0) is 23.1. The predicted molar refractivity (Wildman–Crippen MR) is 126 cm³/mol. The van der Waals surface area contributed by atoms with Crippen molar-refractivity contribution in [3.05, 3.63) is 53.6 Å². The Hall–Kier alpha value is -3.44. The Morgan fingerprint density at radius 1 is 1.22 bits per heavy atom. The van der Waals surface area contributed by atoms with Gasteiger partial charge >= 0.3 is 6.03 Å². The fourth-order valence-corrected chi connectivity index (χ4v) is 3.74. The molecule has 2 amide bonds. The minimum Gasteiger partial charge on any atom is -0.494 e. The molecule has 1 heterocycles. The van der Waals surface area contributed by atoms with Crippen molar-refractivity contribution in [3.63, 3.8) is 0 Å². The molecule has 0 aromatic heterocycles. The van der Waals surface area contributed by atoms with Gasteiger partial charge in [0.2, 0.25) is 5.96 Å². The molecule has 1 fully saturated rings. The van der Waals surface area contributed by atoms with E-state index >= 15 is 0 Å². The SMILES string of the molecule is COc1ccccc1N=C(NC#N)N1CCN(C(=O)Nc2ccc(Cl)cc2)CC1C(C)C. The molecule has 1 aliphatic rings. The highest BCUT2D eigenvalue weighted by atomic mass is 35.5. The number of benzene rings is 2. The van der Waals surface area contributed by atoms with Gasteiger partial charge in [-0.2, -0.15) is 5.26 Å². The number of carbonyl (C=O) groups excluding carboxylic acids is 1. The maximum absolute atomic E-state index is 12.8. The first-order chi connectivity index (χ1) is 15.4. The van der Waals surface area contributed by atoms with Crippen molar-refractivity contribution in [1.29, 1.82) is 5.26 Å². The molecule has 0 aliphatic carbocycles. The lowest BCUT2D eigenvalue weighted by molar-refractivity contribution is 0.118. The number of carbonyl (C=O) groups is 1. The summed E-state index contributed by atoms with van der Waals surface area (Å²) < 4.78 is 5.39. The summed E-state index contributed by atoms with van der Waals surface area (Å²) in [6, 6.07) is 14.2. The minimum atomic E-state index is -0.172. The van der Waals surface area contributed by atoms with E-state index in [1.54, 1.807) is 36.3 Å². The van der Waals surface area contributed by atoms with E-state index in [4.69, 9.17) is 16.3 Å². The molecule has 9 heteroatoms. The highest BCUT2D eigenvalue weighted by Gasteiger charge is 2.33. The fourth-order valence-electron chi connectivity index (χ4n) is 3.61. The van der Waals surface area contributed by atoms with Gasteiger partial charge in [-0.3, -0.25) is 5.32 Å². The molecule has 2 N–H and O–H groups in total. The first-order valence-electron chi connectivity index (χ1n) is 10.4. The number of urea groups is 1. The van der Waals surface area contributed by atoms with Crippen LogP contribution in [0.5, 0.6) is 5.75 Å². The molecular weight excluding hydrogens is 428 g/mol. The zero-order valence-corrected chi connectivity index (χ0v) is 19.1. The monoisotopic (exact) mass is 454 g/mol. The van der Waals surface area contributed by atoms with Crippen molar-refractivity contribution in [2.24, 2.45) is 10.9 Å². The van der Waals surface area contributed by atoms with Gasteiger partial charge in [-0.1, -0.05) is 37.6 Å². The van der Waals surface area contributed by atoms with Crippen LogP contribution in [0.3, 0.4) is 0 Å². The summed E-state index contributed by atoms with van der Waals surface area (Å²) in [6.07, 6.45) is 1.99. The molecule has 1 unspecified atom stereocenters. The second-order valence-corrected chi connectivity index (χ2v) is 8.17. The Bertz CT molecular complexity index is 1000. The Labute approximate surface area is 193 Å². The van der Waals surface area contributed by atoms with Crippen LogP contribution in [-0.2, 0) is 0 Å². The number of para-hydroxylation sites is 2. The summed E-state index contributed by atoms with van der Waals surface area (Å²) >= 11 is 5.92. The van der Waals surface area contributed by atoms with Crippen LogP contribution >= 0.6 is 11.6 Å². The third-order valence-corrected chi connectivity index (χ3v) is 5.57. The lowest BCUT2D eigenvalue weighted by Gasteiger charge is -2.44. The van der Waals surface area contributed by atoms with Crippen molar-refractivity contribution in [2.75, 3.05) is 32.1 Å². The van der Waals surface area contributed by atoms with Gasteiger partial charge in [0.15, 0.2) is 6.19 Å². The highest BCUT2D eigenvalue weighted by molar-refractivity contribution is 6.30. The van der Waals surface area contributed by atoms with Crippen LogP contribution in [0, 0.1) is 17.4 Å². The summed E-state index contributed by atoms with van der Waals surface area (Å²) in [5, 5.41) is 15.6. The molecule has 2 aromatic carbocycles. The van der Waals surface area contributed by atoms with Crippen LogP contribution in [0.4, 0.5) is 16.2 Å². The number of nitrogens with one attached hydrogen (secondary N) is 2. The minimum absolute atomic E-state index is 0.0333. The molecule has 168 valence electrons. The molecule has 0 spiro atoms. The highest BCUT2D eigenvalue weighted by Crippen LogP contribution is 2.28. The van der Waals surface area contributed by atoms with Gasteiger partial charge in [0.05, 0.1) is 13.2 Å². The molecule has 1 saturated heterocycles. The van der Waals surface area contributed by atoms with E-state index in [2.05, 4.69) is 29.5 Å². The van der Waals surface area contributed by atoms with E-state index in [1.165, 1.54) is 0 Å². The average molecular weight is 455 g/mol. The topological polar surface area (TPSA) is 93.0 Å². The summed E-state index contributed by atoms with van der Waals surface area (Å²) in [7, 11) is 1.58. The summed E-state index contributed by atoms with van der Waals surface area (Å²) in [5.41, 5.74) is 1.31. The van der Waals surface area contributed by atoms with Crippen molar-refractivity contribution in [3.8, 4) is 11.9 Å². The molecule has 0 radical (unpaired) electrons. The molecule has 8 nitrogen and oxygen atoms in total. The van der Waals surface area contributed by atoms with Crippen LogP contribution in [0.1, 0.15) is 13.8 Å². The Morgan fingerprint density at radius 2 is 1.94 bits per heavy atom. The van der Waals surface area contributed by atoms with Crippen LogP contribution < -0.4 is 15.4 Å². The van der Waals surface area contributed by atoms with Crippen molar-refractivity contribution >= 4 is 35.0 Å². The lowest BCUT2D eigenvalue weighted by atomic mass is 10.00. The summed E-state index contributed by atoms with van der Waals surface area (Å²) in [5.74, 6) is 1.27. The first kappa shape index (κ1) is 23.2. The Balaban J connectivity index is 1.80. The molecule has 2 aromatic rings. The molecule has 1 aliphatic heterocycles. The standard InChI is InChI=1S/C23H27ClN6O2/c1-16(2)20-14-29(23(31)27-18-10-8-17(24)9-11-18)12-13-30(20)22(26-15-25)28-19-6-4-5-7-21(19)32-3/h4-11,16,20H,12-14H2,1-3H3,(H,26,28)(H,27,31). The molecule has 0 bridgehead atoms. The van der Waals surface area contributed by atoms with E-state index < -0.39 is 0 Å². The Morgan fingerprint density at radius 3 is 2.59 bits per heavy atom. The molecule has 1 atom stereocenters. The van der Waals surface area contributed by atoms with Gasteiger partial charge in [-0.15, -0.1) is 0 Å². The smallest absolute Gasteiger partial charge is 0.321 e. The molecular formula is C23H27ClN6O2. The number of amides is 2. The largest absolute Gasteiger partial charge is 0.494 e. The third kappa shape index (κ3) is 5.62. The van der Waals surface area contributed by atoms with E-state index in [0.717, 1.165) is 0 Å². The number of anilines is 1. The number of aliphatic imine (C=N–C) groups is 1. The number of ether oxygens (including phenoxy) is 1. The van der Waals surface area contributed by atoms with Crippen LogP contribution in [-0.4, -0.2) is 54.6 Å². The number of hydrogen-bond donors (Lipinski definition) is 2. The quantitative estimate of drug-likeness (QED) is 0.311. The van der Waals surface area contributed by atoms with Gasteiger partial charge < -0.3 is 19.9 Å². The average Bonchev–Trinajstić information content (AvgIpc) is 2.80. The number of rotatable bonds is 4. The van der Waals surface area contributed by atoms with Gasteiger partial charge in [0.1, 0.15) is 11.4 Å². The first-order valence-corrected chi connectivity index (χ1v) is 10.8. The van der Waals surface area contributed by atoms with Crippen LogP contribution in [0.15, 0.2) is 53.5 Å². The molecule has 32 heavy (non-hydrogen) atoms. The maximum Gasteiger partial charge on any atom is 0.321 e. The Kier molecular flexibility index (Phi) is 7.79. The number of piperazine rings is 1. The number of hydrogen-bond acceptors (Lipinski definition) is 4. The van der Waals surface area contributed by atoms with E-state index in [1.807, 2.05) is 35.4 Å². The van der Waals surface area contributed by atoms with Crippen molar-refractivity contribution in [2.45, 2.75) is 19.9 Å². The zero-order valence-electron chi connectivity index (χ0n) is 18.4. The molecule has 3 rings (SSSR count). The number of halogens is 1. The fraction of sp³-hybridized carbons (Fsp3) is 0.348. The van der Waals surface area contributed by atoms with Crippen LogP contribution in [0.2, 0.25) is 5.02 Å². The van der Waals surface area contributed by atoms with Gasteiger partial charge in [0, 0.05) is 30.3 Å². The van der Waals surface area contributed by atoms with Gasteiger partial charge in [0.25, 0.3) is 0 Å². The normalized spacial score (nSPS) is 16.5. The third-order valence-electron chi connectivity index (χ3n) is 5.32. The lowest BCUT2D eigenvalue weighted by Crippen LogP contribution is -2.60. The van der Waals surface area contributed by atoms with E-state index in [9.17, 15) is 10.1 Å². The predicted octanol–water partition coefficient (Wildman–Crippen LogP) is 4.28. The van der Waals surface area contributed by atoms with Crippen molar-refractivity contribution in [1.82, 2.24) is 15.1 Å². The van der Waals surface area contributed by atoms with E-state index in [-0.39, 0.29) is 18.0 Å². The second-order valence-electron chi connectivity index (χ2n) is 7.73. The maximum atomic E-state index is 12.8. The number of nitriles is 1. The van der Waals surface area contributed by atoms with Crippen molar-refractivity contribution < 1.29 is 9.53 Å². The second kappa shape index (κ2) is 10.7. The number of methoxy groups -OCH3 is 1. The van der Waals surface area contributed by atoms with Gasteiger partial charge in [-0.25, -0.2) is 9.79 Å². The number of guanidine groups is 1.